The number of hydrogen-bond acceptors (Lipinski definition) is 5. The molecule has 0 aliphatic carbocycles. The zero-order chi connectivity index (χ0) is 18.7. The Balaban J connectivity index is 1.62. The number of carbonyl (C=O) groups is 1. The zero-order valence-electron chi connectivity index (χ0n) is 15.7. The van der Waals surface area contributed by atoms with Gasteiger partial charge in [0.2, 0.25) is 0 Å². The molecule has 1 saturated heterocycles. The Morgan fingerprint density at radius 2 is 1.92 bits per heavy atom. The Kier molecular flexibility index (Phi) is 5.68. The molecule has 1 aliphatic heterocycles. The fourth-order valence-electron chi connectivity index (χ4n) is 3.61. The number of aromatic nitrogens is 3. The second-order valence-electron chi connectivity index (χ2n) is 7.28. The third-order valence-corrected chi connectivity index (χ3v) is 5.05. The van der Waals surface area contributed by atoms with Crippen molar-refractivity contribution in [3.05, 3.63) is 47.0 Å². The van der Waals surface area contributed by atoms with Crippen molar-refractivity contribution in [2.24, 2.45) is 7.05 Å². The summed E-state index contributed by atoms with van der Waals surface area (Å²) in [6, 6.07) is 7.26. The standard InChI is InChI=1S/C19H27N5O2/c1-22(2)13-17-20-21-18(23(17)3)14-8-10-24(11-9-14)12-15-6-4-5-7-16(15)19(25)26/h4-7,14H,8-13H2,1-3H3,(H,25,26). The molecule has 0 bridgehead atoms. The molecule has 3 rings (SSSR count). The number of carboxylic acids is 1. The molecular formula is C19H27N5O2. The van der Waals surface area contributed by atoms with Crippen LogP contribution in [-0.2, 0) is 20.1 Å². The summed E-state index contributed by atoms with van der Waals surface area (Å²) in [5.74, 6) is 1.60. The molecule has 1 fully saturated rings. The molecule has 26 heavy (non-hydrogen) atoms. The fraction of sp³-hybridized carbons (Fsp3) is 0.526. The average Bonchev–Trinajstić information content (AvgIpc) is 2.96. The van der Waals surface area contributed by atoms with Crippen LogP contribution >= 0.6 is 0 Å². The van der Waals surface area contributed by atoms with Crippen LogP contribution in [0.1, 0.15) is 46.3 Å². The topological polar surface area (TPSA) is 74.5 Å². The maximum absolute atomic E-state index is 11.4. The lowest BCUT2D eigenvalue weighted by atomic mass is 9.95. The maximum atomic E-state index is 11.4. The van der Waals surface area contributed by atoms with E-state index in [1.54, 1.807) is 12.1 Å². The lowest BCUT2D eigenvalue weighted by Crippen LogP contribution is -2.33. The summed E-state index contributed by atoms with van der Waals surface area (Å²) >= 11 is 0. The Labute approximate surface area is 154 Å². The van der Waals surface area contributed by atoms with Crippen molar-refractivity contribution in [1.29, 1.82) is 0 Å². The molecule has 2 aromatic rings. The summed E-state index contributed by atoms with van der Waals surface area (Å²) in [5, 5.41) is 18.1. The van der Waals surface area contributed by atoms with Crippen LogP contribution in [-0.4, -0.2) is 62.8 Å². The number of piperidine rings is 1. The van der Waals surface area contributed by atoms with Crippen LogP contribution in [0.5, 0.6) is 0 Å². The number of hydrogen-bond donors (Lipinski definition) is 1. The summed E-state index contributed by atoms with van der Waals surface area (Å²) in [5.41, 5.74) is 1.28. The minimum atomic E-state index is -0.858. The van der Waals surface area contributed by atoms with Gasteiger partial charge in [-0.3, -0.25) is 4.90 Å². The maximum Gasteiger partial charge on any atom is 0.336 e. The monoisotopic (exact) mass is 357 g/mol. The minimum absolute atomic E-state index is 0.399. The predicted molar refractivity (Wildman–Crippen MR) is 99.0 cm³/mol. The van der Waals surface area contributed by atoms with Gasteiger partial charge in [0, 0.05) is 19.5 Å². The van der Waals surface area contributed by atoms with Crippen molar-refractivity contribution in [3.63, 3.8) is 0 Å². The van der Waals surface area contributed by atoms with Gasteiger partial charge in [-0.15, -0.1) is 10.2 Å². The molecule has 0 saturated carbocycles. The molecule has 1 aromatic heterocycles. The van der Waals surface area contributed by atoms with Gasteiger partial charge < -0.3 is 14.6 Å². The molecule has 1 aliphatic rings. The molecule has 7 heteroatoms. The van der Waals surface area contributed by atoms with Crippen molar-refractivity contribution >= 4 is 5.97 Å². The van der Waals surface area contributed by atoms with Gasteiger partial charge >= 0.3 is 5.97 Å². The van der Waals surface area contributed by atoms with E-state index < -0.39 is 5.97 Å². The smallest absolute Gasteiger partial charge is 0.336 e. The molecule has 1 aromatic carbocycles. The summed E-state index contributed by atoms with van der Waals surface area (Å²) in [6.07, 6.45) is 2.03. The van der Waals surface area contributed by atoms with Gasteiger partial charge in [0.05, 0.1) is 12.1 Å². The molecule has 7 nitrogen and oxygen atoms in total. The highest BCUT2D eigenvalue weighted by atomic mass is 16.4. The van der Waals surface area contributed by atoms with Gasteiger partial charge in [-0.25, -0.2) is 4.79 Å². The van der Waals surface area contributed by atoms with E-state index in [0.717, 1.165) is 49.7 Å². The first-order valence-electron chi connectivity index (χ1n) is 9.02. The van der Waals surface area contributed by atoms with Gasteiger partial charge in [0.25, 0.3) is 0 Å². The van der Waals surface area contributed by atoms with Crippen molar-refractivity contribution in [3.8, 4) is 0 Å². The van der Waals surface area contributed by atoms with E-state index in [9.17, 15) is 9.90 Å². The molecule has 140 valence electrons. The van der Waals surface area contributed by atoms with Crippen LogP contribution in [0.15, 0.2) is 24.3 Å². The van der Waals surface area contributed by atoms with Crippen LogP contribution in [0.2, 0.25) is 0 Å². The van der Waals surface area contributed by atoms with E-state index in [1.807, 2.05) is 33.3 Å². The first kappa shape index (κ1) is 18.5. The number of aromatic carboxylic acids is 1. The Bertz CT molecular complexity index is 763. The minimum Gasteiger partial charge on any atom is -0.478 e. The number of rotatable bonds is 6. The molecule has 0 amide bonds. The summed E-state index contributed by atoms with van der Waals surface area (Å²) < 4.78 is 2.13. The lowest BCUT2D eigenvalue weighted by Gasteiger charge is -2.31. The van der Waals surface area contributed by atoms with Crippen molar-refractivity contribution in [1.82, 2.24) is 24.6 Å². The first-order valence-corrected chi connectivity index (χ1v) is 9.02. The van der Waals surface area contributed by atoms with E-state index in [0.29, 0.717) is 18.0 Å². The molecule has 2 heterocycles. The zero-order valence-corrected chi connectivity index (χ0v) is 15.7. The quantitative estimate of drug-likeness (QED) is 0.852. The number of nitrogens with zero attached hydrogens (tertiary/aromatic N) is 5. The highest BCUT2D eigenvalue weighted by Crippen LogP contribution is 2.28. The second-order valence-corrected chi connectivity index (χ2v) is 7.28. The van der Waals surface area contributed by atoms with Crippen molar-refractivity contribution in [2.45, 2.75) is 31.8 Å². The van der Waals surface area contributed by atoms with E-state index in [2.05, 4.69) is 24.6 Å². The number of benzene rings is 1. The average molecular weight is 357 g/mol. The largest absolute Gasteiger partial charge is 0.478 e. The molecular weight excluding hydrogens is 330 g/mol. The van der Waals surface area contributed by atoms with Crippen LogP contribution < -0.4 is 0 Å². The summed E-state index contributed by atoms with van der Waals surface area (Å²) in [4.78, 5) is 15.8. The molecule has 0 atom stereocenters. The second kappa shape index (κ2) is 7.97. The van der Waals surface area contributed by atoms with Crippen LogP contribution in [0.4, 0.5) is 0 Å². The van der Waals surface area contributed by atoms with E-state index in [4.69, 9.17) is 0 Å². The van der Waals surface area contributed by atoms with Gasteiger partial charge in [-0.05, 0) is 51.7 Å². The third-order valence-electron chi connectivity index (χ3n) is 5.05. The van der Waals surface area contributed by atoms with E-state index in [-0.39, 0.29) is 0 Å². The Morgan fingerprint density at radius 3 is 2.58 bits per heavy atom. The normalized spacial score (nSPS) is 16.3. The van der Waals surface area contributed by atoms with Gasteiger partial charge in [-0.2, -0.15) is 0 Å². The van der Waals surface area contributed by atoms with Crippen molar-refractivity contribution in [2.75, 3.05) is 27.2 Å². The number of carboxylic acid groups (broad SMARTS) is 1. The molecule has 1 N–H and O–H groups in total. The molecule has 0 spiro atoms. The van der Waals surface area contributed by atoms with Gasteiger partial charge in [0.1, 0.15) is 11.6 Å². The summed E-state index contributed by atoms with van der Waals surface area (Å²) in [7, 11) is 6.10. The van der Waals surface area contributed by atoms with Crippen molar-refractivity contribution < 1.29 is 9.90 Å². The first-order chi connectivity index (χ1) is 12.5. The lowest BCUT2D eigenvalue weighted by molar-refractivity contribution is 0.0694. The Morgan fingerprint density at radius 1 is 1.23 bits per heavy atom. The van der Waals surface area contributed by atoms with Crippen LogP contribution in [0.25, 0.3) is 0 Å². The molecule has 0 unspecified atom stereocenters. The SMILES string of the molecule is CN(C)Cc1nnc(C2CCN(Cc3ccccc3C(=O)O)CC2)n1C. The summed E-state index contributed by atoms with van der Waals surface area (Å²) in [6.45, 7) is 3.34. The van der Waals surface area contributed by atoms with Gasteiger partial charge in [0.15, 0.2) is 0 Å². The molecule has 0 radical (unpaired) electrons. The highest BCUT2D eigenvalue weighted by Gasteiger charge is 2.26. The van der Waals surface area contributed by atoms with Gasteiger partial charge in [-0.1, -0.05) is 18.2 Å². The third kappa shape index (κ3) is 4.11. The van der Waals surface area contributed by atoms with E-state index >= 15 is 0 Å². The number of likely N-dealkylation sites (tertiary alicyclic amines) is 1. The van der Waals surface area contributed by atoms with E-state index in [1.165, 1.54) is 0 Å². The van der Waals surface area contributed by atoms with Crippen LogP contribution in [0, 0.1) is 0 Å². The predicted octanol–water partition coefficient (Wildman–Crippen LogP) is 1.95. The highest BCUT2D eigenvalue weighted by molar-refractivity contribution is 5.89. The Hall–Kier alpha value is -2.25. The fourth-order valence-corrected chi connectivity index (χ4v) is 3.61. The van der Waals surface area contributed by atoms with Crippen LogP contribution in [0.3, 0.4) is 0 Å².